The molecule has 1 aromatic rings. The number of ether oxygens (including phenoxy) is 3. The third-order valence-electron chi connectivity index (χ3n) is 9.41. The normalized spacial score (nSPS) is 16.0. The van der Waals surface area contributed by atoms with E-state index in [0.717, 1.165) is 61.5 Å². The largest absolute Gasteiger partial charge is 0.497 e. The van der Waals surface area contributed by atoms with Crippen LogP contribution in [0.2, 0.25) is 36.3 Å². The molecule has 1 rings (SSSR count). The molecule has 0 saturated heterocycles. The second-order valence-corrected chi connectivity index (χ2v) is 23.6. The van der Waals surface area contributed by atoms with Crippen LogP contribution >= 0.6 is 22.6 Å². The Balaban J connectivity index is 3.14. The topological polar surface area (TPSA) is 46.2 Å². The van der Waals surface area contributed by atoms with Gasteiger partial charge in [-0.25, -0.2) is 0 Å². The quantitative estimate of drug-likeness (QED) is 0.0877. The van der Waals surface area contributed by atoms with Crippen LogP contribution in [0.25, 0.3) is 0 Å². The van der Waals surface area contributed by atoms with Gasteiger partial charge in [-0.15, -0.1) is 0 Å². The molecule has 5 nitrogen and oxygen atoms in total. The van der Waals surface area contributed by atoms with Gasteiger partial charge in [-0.1, -0.05) is 89.3 Å². The third kappa shape index (κ3) is 13.8. The Labute approximate surface area is 275 Å². The summed E-state index contributed by atoms with van der Waals surface area (Å²) in [7, 11) is -0.271. The van der Waals surface area contributed by atoms with Gasteiger partial charge in [0.05, 0.1) is 32.5 Å². The lowest BCUT2D eigenvalue weighted by atomic mass is 9.96. The van der Waals surface area contributed by atoms with Gasteiger partial charge >= 0.3 is 0 Å². The lowest BCUT2D eigenvalue weighted by Gasteiger charge is -2.42. The summed E-state index contributed by atoms with van der Waals surface area (Å²) in [5, 5.41) is 0.156. The standard InChI is InChI=1S/C34H63IO5Si2/c1-12-42(13-2,14-3)40-33(28(4)26-38-27-29-20-22-31(37-9)23-21-29)25-32(39-41(10,11)34(5,6)7)18-15-17-30(36-8)19-16-24-35/h16,20-24,28,30,32-33H,12-15,17-19,25-27H2,1-11H3/b24-16-/t28-,30+,32-,33+/m1/s1. The summed E-state index contributed by atoms with van der Waals surface area (Å²) in [5.74, 6) is 1.14. The van der Waals surface area contributed by atoms with Crippen molar-refractivity contribution in [3.8, 4) is 5.75 Å². The summed E-state index contributed by atoms with van der Waals surface area (Å²) in [5.41, 5.74) is 1.16. The van der Waals surface area contributed by atoms with Crippen LogP contribution in [0.1, 0.15) is 86.1 Å². The molecule has 0 amide bonds. The van der Waals surface area contributed by atoms with Crippen molar-refractivity contribution < 1.29 is 23.1 Å². The molecule has 0 aliphatic rings. The summed E-state index contributed by atoms with van der Waals surface area (Å²) in [6, 6.07) is 11.6. The molecule has 0 saturated carbocycles. The lowest BCUT2D eigenvalue weighted by Crippen LogP contribution is -2.47. The fourth-order valence-electron chi connectivity index (χ4n) is 5.10. The predicted molar refractivity (Wildman–Crippen MR) is 193 cm³/mol. The minimum absolute atomic E-state index is 0.113. The number of rotatable bonds is 22. The Morgan fingerprint density at radius 3 is 2.00 bits per heavy atom. The van der Waals surface area contributed by atoms with E-state index < -0.39 is 16.6 Å². The molecule has 0 aromatic heterocycles. The molecule has 0 N–H and O–H groups in total. The molecule has 42 heavy (non-hydrogen) atoms. The zero-order valence-electron chi connectivity index (χ0n) is 28.8. The number of hydrogen-bond acceptors (Lipinski definition) is 5. The molecule has 4 atom stereocenters. The van der Waals surface area contributed by atoms with Gasteiger partial charge in [0.15, 0.2) is 16.6 Å². The molecule has 0 unspecified atom stereocenters. The van der Waals surface area contributed by atoms with Crippen molar-refractivity contribution in [2.45, 2.75) is 142 Å². The van der Waals surface area contributed by atoms with Crippen LogP contribution in [0.15, 0.2) is 34.4 Å². The van der Waals surface area contributed by atoms with Gasteiger partial charge in [0.25, 0.3) is 0 Å². The molecular formula is C34H63IO5Si2. The molecule has 0 fully saturated rings. The predicted octanol–water partition coefficient (Wildman–Crippen LogP) is 10.5. The van der Waals surface area contributed by atoms with E-state index in [1.807, 2.05) is 19.2 Å². The highest BCUT2D eigenvalue weighted by Crippen LogP contribution is 2.39. The summed E-state index contributed by atoms with van der Waals surface area (Å²) in [6.07, 6.45) is 7.75. The monoisotopic (exact) mass is 734 g/mol. The van der Waals surface area contributed by atoms with Crippen molar-refractivity contribution in [1.82, 2.24) is 0 Å². The maximum Gasteiger partial charge on any atom is 0.192 e. The summed E-state index contributed by atoms with van der Waals surface area (Å²) < 4.78 is 33.9. The number of methoxy groups -OCH3 is 2. The Bertz CT molecular complexity index is 859. The number of hydrogen-bond donors (Lipinski definition) is 0. The maximum atomic E-state index is 7.26. The molecule has 0 aliphatic carbocycles. The van der Waals surface area contributed by atoms with E-state index in [4.69, 9.17) is 23.1 Å². The summed E-state index contributed by atoms with van der Waals surface area (Å²) >= 11 is 2.28. The van der Waals surface area contributed by atoms with Crippen molar-refractivity contribution in [3.63, 3.8) is 0 Å². The molecule has 0 bridgehead atoms. The van der Waals surface area contributed by atoms with Crippen molar-refractivity contribution in [2.24, 2.45) is 5.92 Å². The first-order chi connectivity index (χ1) is 19.8. The van der Waals surface area contributed by atoms with E-state index in [9.17, 15) is 0 Å². The van der Waals surface area contributed by atoms with Crippen LogP contribution in [0.5, 0.6) is 5.75 Å². The summed E-state index contributed by atoms with van der Waals surface area (Å²) in [4.78, 5) is 0. The Hall–Kier alpha value is -0.236. The Morgan fingerprint density at radius 2 is 1.50 bits per heavy atom. The first-order valence-electron chi connectivity index (χ1n) is 16.1. The van der Waals surface area contributed by atoms with Gasteiger partial charge in [-0.2, -0.15) is 0 Å². The smallest absolute Gasteiger partial charge is 0.192 e. The zero-order chi connectivity index (χ0) is 31.8. The lowest BCUT2D eigenvalue weighted by molar-refractivity contribution is 0.00935. The Kier molecular flexibility index (Phi) is 18.9. The van der Waals surface area contributed by atoms with Crippen molar-refractivity contribution in [2.75, 3.05) is 20.8 Å². The first kappa shape index (κ1) is 39.8. The van der Waals surface area contributed by atoms with Gasteiger partial charge in [0.1, 0.15) is 5.75 Å². The molecule has 0 spiro atoms. The molecule has 8 heteroatoms. The molecule has 0 radical (unpaired) electrons. The third-order valence-corrected chi connectivity index (χ3v) is 19.1. The SMILES string of the molecule is CC[Si](CC)(CC)O[C@@H](C[C@@H](CCC[C@@H](C/C=C\I)OC)O[Si](C)(C)C(C)(C)C)[C@H](C)COCc1ccc(OC)cc1. The highest BCUT2D eigenvalue weighted by atomic mass is 127. The van der Waals surface area contributed by atoms with Crippen molar-refractivity contribution >= 4 is 39.2 Å². The number of benzene rings is 1. The fourth-order valence-corrected chi connectivity index (χ4v) is 9.76. The second-order valence-electron chi connectivity index (χ2n) is 13.4. The van der Waals surface area contributed by atoms with Crippen molar-refractivity contribution in [1.29, 1.82) is 0 Å². The molecule has 1 aromatic carbocycles. The van der Waals surface area contributed by atoms with Crippen LogP contribution in [-0.4, -0.2) is 55.8 Å². The van der Waals surface area contributed by atoms with E-state index in [1.165, 1.54) is 0 Å². The average Bonchev–Trinajstić information content (AvgIpc) is 2.96. The fraction of sp³-hybridized carbons (Fsp3) is 0.765. The molecular weight excluding hydrogens is 671 g/mol. The highest BCUT2D eigenvalue weighted by molar-refractivity contribution is 14.1. The maximum absolute atomic E-state index is 7.26. The van der Waals surface area contributed by atoms with E-state index >= 15 is 0 Å². The molecule has 244 valence electrons. The zero-order valence-corrected chi connectivity index (χ0v) is 32.9. The van der Waals surface area contributed by atoms with E-state index in [-0.39, 0.29) is 29.3 Å². The van der Waals surface area contributed by atoms with Gasteiger partial charge in [0.2, 0.25) is 0 Å². The molecule has 0 heterocycles. The summed E-state index contributed by atoms with van der Waals surface area (Å²) in [6.45, 7) is 22.3. The second kappa shape index (κ2) is 20.0. The van der Waals surface area contributed by atoms with Crippen molar-refractivity contribution in [3.05, 3.63) is 40.0 Å². The minimum atomic E-state index is -1.97. The van der Waals surface area contributed by atoms with E-state index in [2.05, 4.69) is 106 Å². The van der Waals surface area contributed by atoms with Gasteiger partial charge in [-0.3, -0.25) is 0 Å². The Morgan fingerprint density at radius 1 is 0.905 bits per heavy atom. The number of halogens is 1. The van der Waals surface area contributed by atoms with E-state index in [0.29, 0.717) is 13.2 Å². The van der Waals surface area contributed by atoms with Gasteiger partial charge in [0, 0.05) is 19.1 Å². The minimum Gasteiger partial charge on any atom is -0.497 e. The van der Waals surface area contributed by atoms with Crippen LogP contribution in [-0.2, 0) is 24.9 Å². The first-order valence-corrected chi connectivity index (χ1v) is 22.8. The van der Waals surface area contributed by atoms with Crippen LogP contribution in [0.4, 0.5) is 0 Å². The van der Waals surface area contributed by atoms with Crippen LogP contribution in [0, 0.1) is 5.92 Å². The van der Waals surface area contributed by atoms with Crippen LogP contribution < -0.4 is 4.74 Å². The van der Waals surface area contributed by atoms with Crippen LogP contribution in [0.3, 0.4) is 0 Å². The highest BCUT2D eigenvalue weighted by Gasteiger charge is 2.41. The molecule has 0 aliphatic heterocycles. The van der Waals surface area contributed by atoms with Gasteiger partial charge in [-0.05, 0) is 90.1 Å². The average molecular weight is 735 g/mol. The van der Waals surface area contributed by atoms with E-state index in [1.54, 1.807) is 7.11 Å². The van der Waals surface area contributed by atoms with Gasteiger partial charge < -0.3 is 23.1 Å².